The van der Waals surface area contributed by atoms with E-state index >= 15 is 0 Å². The molecule has 2 N–H and O–H groups in total. The van der Waals surface area contributed by atoms with Crippen LogP contribution in [0.15, 0.2) is 53.1 Å². The van der Waals surface area contributed by atoms with Gasteiger partial charge in [-0.1, -0.05) is 30.3 Å². The maximum Gasteiger partial charge on any atom is 0.208 e. The van der Waals surface area contributed by atoms with Crippen LogP contribution >= 0.6 is 0 Å². The fourth-order valence-electron chi connectivity index (χ4n) is 1.94. The van der Waals surface area contributed by atoms with Gasteiger partial charge < -0.3 is 9.73 Å². The topological polar surface area (TPSA) is 71.3 Å². The first-order valence-corrected chi connectivity index (χ1v) is 8.22. The minimum Gasteiger partial charge on any atom is -0.467 e. The van der Waals surface area contributed by atoms with Gasteiger partial charge in [-0.3, -0.25) is 0 Å². The van der Waals surface area contributed by atoms with Crippen LogP contribution in [0.3, 0.4) is 0 Å². The zero-order valence-corrected chi connectivity index (χ0v) is 12.1. The monoisotopic (exact) mass is 294 g/mol. The van der Waals surface area contributed by atoms with Crippen LogP contribution in [-0.4, -0.2) is 27.8 Å². The molecule has 1 atom stereocenters. The van der Waals surface area contributed by atoms with Gasteiger partial charge in [0.15, 0.2) is 0 Å². The molecule has 0 amide bonds. The standard InChI is InChI=1S/C14H18N2O3S/c1-20(17,18)16-10-9-15-14(13-8-5-11-19-13)12-6-3-2-4-7-12/h2-8,11,14-16H,9-10H2,1H3. The third-order valence-electron chi connectivity index (χ3n) is 2.80. The number of rotatable bonds is 7. The molecule has 20 heavy (non-hydrogen) atoms. The van der Waals surface area contributed by atoms with Crippen LogP contribution in [0.2, 0.25) is 0 Å². The quantitative estimate of drug-likeness (QED) is 0.759. The normalized spacial score (nSPS) is 13.2. The summed E-state index contributed by atoms with van der Waals surface area (Å²) in [4.78, 5) is 0. The molecule has 0 aliphatic carbocycles. The molecule has 1 heterocycles. The minimum atomic E-state index is -3.15. The number of furan rings is 1. The van der Waals surface area contributed by atoms with Gasteiger partial charge in [-0.2, -0.15) is 0 Å². The van der Waals surface area contributed by atoms with E-state index in [0.29, 0.717) is 13.1 Å². The maximum atomic E-state index is 11.0. The highest BCUT2D eigenvalue weighted by molar-refractivity contribution is 7.88. The summed E-state index contributed by atoms with van der Waals surface area (Å²) < 4.78 is 29.9. The molecular formula is C14H18N2O3S. The maximum absolute atomic E-state index is 11.0. The Hall–Kier alpha value is -1.63. The molecule has 0 radical (unpaired) electrons. The minimum absolute atomic E-state index is 0.0902. The predicted molar refractivity (Wildman–Crippen MR) is 77.8 cm³/mol. The summed E-state index contributed by atoms with van der Waals surface area (Å²) in [5.74, 6) is 0.801. The van der Waals surface area contributed by atoms with E-state index in [4.69, 9.17) is 4.42 Å². The van der Waals surface area contributed by atoms with Gasteiger partial charge in [0.1, 0.15) is 5.76 Å². The first-order chi connectivity index (χ1) is 9.56. The van der Waals surface area contributed by atoms with Crippen LogP contribution in [-0.2, 0) is 10.0 Å². The summed E-state index contributed by atoms with van der Waals surface area (Å²) in [5, 5.41) is 3.29. The fraction of sp³-hybridized carbons (Fsp3) is 0.286. The van der Waals surface area contributed by atoms with E-state index in [9.17, 15) is 8.42 Å². The molecule has 0 aliphatic rings. The molecule has 0 aliphatic heterocycles. The van der Waals surface area contributed by atoms with E-state index in [0.717, 1.165) is 17.6 Å². The van der Waals surface area contributed by atoms with Gasteiger partial charge in [-0.25, -0.2) is 13.1 Å². The summed E-state index contributed by atoms with van der Waals surface area (Å²) in [6.45, 7) is 0.843. The van der Waals surface area contributed by atoms with Gasteiger partial charge in [0.25, 0.3) is 0 Å². The molecule has 1 aromatic carbocycles. The van der Waals surface area contributed by atoms with Crippen LogP contribution in [0.25, 0.3) is 0 Å². The third-order valence-corrected chi connectivity index (χ3v) is 3.53. The molecule has 0 saturated carbocycles. The van der Waals surface area contributed by atoms with E-state index in [2.05, 4.69) is 10.0 Å². The van der Waals surface area contributed by atoms with Gasteiger partial charge in [-0.05, 0) is 17.7 Å². The lowest BCUT2D eigenvalue weighted by atomic mass is 10.0. The molecule has 0 saturated heterocycles. The van der Waals surface area contributed by atoms with Gasteiger partial charge in [-0.15, -0.1) is 0 Å². The lowest BCUT2D eigenvalue weighted by Gasteiger charge is -2.17. The van der Waals surface area contributed by atoms with Crippen molar-refractivity contribution >= 4 is 10.0 Å². The van der Waals surface area contributed by atoms with Gasteiger partial charge in [0.05, 0.1) is 18.6 Å². The second-order valence-electron chi connectivity index (χ2n) is 4.48. The molecule has 6 heteroatoms. The Bertz CT molecular complexity index is 609. The van der Waals surface area contributed by atoms with Crippen molar-refractivity contribution in [3.8, 4) is 0 Å². The lowest BCUT2D eigenvalue weighted by Crippen LogP contribution is -2.33. The van der Waals surface area contributed by atoms with Crippen LogP contribution in [0.1, 0.15) is 17.4 Å². The van der Waals surface area contributed by atoms with Crippen molar-refractivity contribution in [2.75, 3.05) is 19.3 Å². The molecule has 5 nitrogen and oxygen atoms in total. The highest BCUT2D eigenvalue weighted by Crippen LogP contribution is 2.21. The number of benzene rings is 1. The van der Waals surface area contributed by atoms with Crippen molar-refractivity contribution in [2.24, 2.45) is 0 Å². The second kappa shape index (κ2) is 6.69. The van der Waals surface area contributed by atoms with Crippen LogP contribution in [0.4, 0.5) is 0 Å². The molecular weight excluding hydrogens is 276 g/mol. The average Bonchev–Trinajstić information content (AvgIpc) is 2.92. The average molecular weight is 294 g/mol. The SMILES string of the molecule is CS(=O)(=O)NCCNC(c1ccccc1)c1ccco1. The van der Waals surface area contributed by atoms with E-state index in [-0.39, 0.29) is 6.04 Å². The first kappa shape index (κ1) is 14.8. The van der Waals surface area contributed by atoms with Gasteiger partial charge >= 0.3 is 0 Å². The Morgan fingerprint density at radius 3 is 2.45 bits per heavy atom. The number of sulfonamides is 1. The van der Waals surface area contributed by atoms with Crippen molar-refractivity contribution < 1.29 is 12.8 Å². The van der Waals surface area contributed by atoms with Crippen LogP contribution < -0.4 is 10.0 Å². The Morgan fingerprint density at radius 1 is 1.10 bits per heavy atom. The van der Waals surface area contributed by atoms with E-state index < -0.39 is 10.0 Å². The largest absolute Gasteiger partial charge is 0.467 e. The summed E-state index contributed by atoms with van der Waals surface area (Å²) in [5.41, 5.74) is 1.07. The lowest BCUT2D eigenvalue weighted by molar-refractivity contribution is 0.447. The predicted octanol–water partition coefficient (Wildman–Crippen LogP) is 1.51. The third kappa shape index (κ3) is 4.48. The van der Waals surface area contributed by atoms with Crippen molar-refractivity contribution in [3.63, 3.8) is 0 Å². The number of hydrogen-bond donors (Lipinski definition) is 2. The van der Waals surface area contributed by atoms with E-state index in [1.165, 1.54) is 0 Å². The van der Waals surface area contributed by atoms with Crippen LogP contribution in [0, 0.1) is 0 Å². The zero-order chi connectivity index (χ0) is 14.4. The summed E-state index contributed by atoms with van der Waals surface area (Å²) in [6, 6.07) is 13.5. The summed E-state index contributed by atoms with van der Waals surface area (Å²) in [7, 11) is -3.15. The molecule has 1 aromatic heterocycles. The van der Waals surface area contributed by atoms with Crippen molar-refractivity contribution in [3.05, 3.63) is 60.1 Å². The second-order valence-corrected chi connectivity index (χ2v) is 6.31. The fourth-order valence-corrected chi connectivity index (χ4v) is 2.41. The highest BCUT2D eigenvalue weighted by Gasteiger charge is 2.15. The van der Waals surface area contributed by atoms with Gasteiger partial charge in [0.2, 0.25) is 10.0 Å². The Labute approximate surface area is 119 Å². The Balaban J connectivity index is 2.02. The molecule has 1 unspecified atom stereocenters. The van der Waals surface area contributed by atoms with Gasteiger partial charge in [0, 0.05) is 13.1 Å². The van der Waals surface area contributed by atoms with Crippen molar-refractivity contribution in [2.45, 2.75) is 6.04 Å². The summed E-state index contributed by atoms with van der Waals surface area (Å²) >= 11 is 0. The Morgan fingerprint density at radius 2 is 1.85 bits per heavy atom. The molecule has 0 spiro atoms. The molecule has 2 rings (SSSR count). The highest BCUT2D eigenvalue weighted by atomic mass is 32.2. The van der Waals surface area contributed by atoms with Crippen LogP contribution in [0.5, 0.6) is 0 Å². The summed E-state index contributed by atoms with van der Waals surface area (Å²) in [6.07, 6.45) is 2.77. The van der Waals surface area contributed by atoms with Crippen molar-refractivity contribution in [1.82, 2.24) is 10.0 Å². The van der Waals surface area contributed by atoms with Crippen molar-refractivity contribution in [1.29, 1.82) is 0 Å². The van der Waals surface area contributed by atoms with E-state index in [1.807, 2.05) is 42.5 Å². The number of hydrogen-bond acceptors (Lipinski definition) is 4. The first-order valence-electron chi connectivity index (χ1n) is 6.32. The molecule has 108 valence electrons. The van der Waals surface area contributed by atoms with E-state index in [1.54, 1.807) is 6.26 Å². The number of nitrogens with one attached hydrogen (secondary N) is 2. The zero-order valence-electron chi connectivity index (χ0n) is 11.2. The Kier molecular flexibility index (Phi) is 4.94. The molecule has 0 fully saturated rings. The molecule has 2 aromatic rings. The smallest absolute Gasteiger partial charge is 0.208 e. The molecule has 0 bridgehead atoms.